The molecule has 4 rings (SSSR count). The van der Waals surface area contributed by atoms with E-state index < -0.39 is 6.29 Å². The molecule has 0 aliphatic carbocycles. The summed E-state index contributed by atoms with van der Waals surface area (Å²) in [5, 5.41) is 15.0. The summed E-state index contributed by atoms with van der Waals surface area (Å²) in [6.45, 7) is 0. The van der Waals surface area contributed by atoms with Crippen molar-refractivity contribution in [2.75, 3.05) is 7.11 Å². The summed E-state index contributed by atoms with van der Waals surface area (Å²) >= 11 is 7.18. The van der Waals surface area contributed by atoms with Crippen LogP contribution in [0.5, 0.6) is 0 Å². The number of rotatable bonds is 3. The zero-order chi connectivity index (χ0) is 17.6. The number of aromatic nitrogens is 1. The lowest BCUT2D eigenvalue weighted by atomic mass is 9.90. The first-order valence-corrected chi connectivity index (χ1v) is 9.68. The summed E-state index contributed by atoms with van der Waals surface area (Å²) in [5.41, 5.74) is 4.60. The van der Waals surface area contributed by atoms with E-state index >= 15 is 0 Å². The number of para-hydroxylation sites is 1. The summed E-state index contributed by atoms with van der Waals surface area (Å²) in [4.78, 5) is 3.57. The quantitative estimate of drug-likeness (QED) is 0.506. The molecule has 2 aromatic carbocycles. The SMILES string of the molecule is COC(O)[C@@H]1Cc2c([nH]c3ccccc23)[C@H](c2ccc(Br)cc2Br)N1. The molecular weight excluding hydrogens is 448 g/mol. The molecular formula is C19H18Br2N2O2. The van der Waals surface area contributed by atoms with Crippen molar-refractivity contribution in [3.05, 3.63) is 68.2 Å². The highest BCUT2D eigenvalue weighted by atomic mass is 79.9. The third-order valence-electron chi connectivity index (χ3n) is 4.80. The van der Waals surface area contributed by atoms with E-state index in [9.17, 15) is 5.11 Å². The van der Waals surface area contributed by atoms with Crippen molar-refractivity contribution in [1.82, 2.24) is 10.3 Å². The number of hydrogen-bond donors (Lipinski definition) is 3. The number of hydrogen-bond acceptors (Lipinski definition) is 3. The maximum absolute atomic E-state index is 10.3. The average molecular weight is 466 g/mol. The Morgan fingerprint density at radius 2 is 2.00 bits per heavy atom. The molecule has 1 aromatic heterocycles. The lowest BCUT2D eigenvalue weighted by molar-refractivity contribution is -0.0993. The number of halogens is 2. The molecule has 0 bridgehead atoms. The predicted molar refractivity (Wildman–Crippen MR) is 106 cm³/mol. The molecule has 1 aliphatic heterocycles. The van der Waals surface area contributed by atoms with Gasteiger partial charge in [0.2, 0.25) is 0 Å². The summed E-state index contributed by atoms with van der Waals surface area (Å²) < 4.78 is 7.22. The smallest absolute Gasteiger partial charge is 0.169 e. The normalized spacial score (nSPS) is 21.3. The van der Waals surface area contributed by atoms with Crippen LogP contribution in [-0.4, -0.2) is 29.5 Å². The molecule has 130 valence electrons. The van der Waals surface area contributed by atoms with Gasteiger partial charge in [-0.2, -0.15) is 0 Å². The first-order valence-electron chi connectivity index (χ1n) is 8.10. The second kappa shape index (κ2) is 6.85. The number of aliphatic hydroxyl groups excluding tert-OH is 1. The number of benzene rings is 2. The molecule has 0 saturated heterocycles. The van der Waals surface area contributed by atoms with Crippen LogP contribution in [0.1, 0.15) is 22.9 Å². The number of aromatic amines is 1. The van der Waals surface area contributed by atoms with E-state index in [1.54, 1.807) is 0 Å². The monoisotopic (exact) mass is 464 g/mol. The minimum atomic E-state index is -0.862. The van der Waals surface area contributed by atoms with Crippen LogP contribution < -0.4 is 5.32 Å². The summed E-state index contributed by atoms with van der Waals surface area (Å²) in [6, 6.07) is 14.2. The lowest BCUT2D eigenvalue weighted by Crippen LogP contribution is -2.47. The zero-order valence-corrected chi connectivity index (χ0v) is 16.8. The Kier molecular flexibility index (Phi) is 4.73. The van der Waals surface area contributed by atoms with Gasteiger partial charge in [0.25, 0.3) is 0 Å². The molecule has 2 heterocycles. The van der Waals surface area contributed by atoms with E-state index in [1.807, 2.05) is 24.3 Å². The maximum Gasteiger partial charge on any atom is 0.169 e. The van der Waals surface area contributed by atoms with E-state index in [1.165, 1.54) is 18.1 Å². The fourth-order valence-electron chi connectivity index (χ4n) is 3.59. The third kappa shape index (κ3) is 3.06. The zero-order valence-electron chi connectivity index (χ0n) is 13.6. The van der Waals surface area contributed by atoms with Gasteiger partial charge in [0.1, 0.15) is 0 Å². The first-order chi connectivity index (χ1) is 12.1. The van der Waals surface area contributed by atoms with Crippen LogP contribution in [0.3, 0.4) is 0 Å². The number of H-pyrrole nitrogens is 1. The number of nitrogens with one attached hydrogen (secondary N) is 2. The largest absolute Gasteiger partial charge is 0.367 e. The Labute approximate surface area is 162 Å². The van der Waals surface area contributed by atoms with Crippen LogP contribution in [0.4, 0.5) is 0 Å². The van der Waals surface area contributed by atoms with Gasteiger partial charge in [-0.1, -0.05) is 56.1 Å². The Morgan fingerprint density at radius 1 is 1.20 bits per heavy atom. The van der Waals surface area contributed by atoms with Crippen LogP contribution in [0.2, 0.25) is 0 Å². The Bertz CT molecular complexity index is 925. The van der Waals surface area contributed by atoms with E-state index in [2.05, 4.69) is 60.4 Å². The molecule has 4 nitrogen and oxygen atoms in total. The van der Waals surface area contributed by atoms with Crippen molar-refractivity contribution >= 4 is 42.8 Å². The van der Waals surface area contributed by atoms with Gasteiger partial charge in [-0.3, -0.25) is 5.32 Å². The van der Waals surface area contributed by atoms with E-state index in [0.29, 0.717) is 6.42 Å². The van der Waals surface area contributed by atoms with E-state index in [-0.39, 0.29) is 12.1 Å². The van der Waals surface area contributed by atoms with Crippen molar-refractivity contribution in [1.29, 1.82) is 0 Å². The van der Waals surface area contributed by atoms with Crippen LogP contribution in [0.15, 0.2) is 51.4 Å². The molecule has 25 heavy (non-hydrogen) atoms. The van der Waals surface area contributed by atoms with Crippen molar-refractivity contribution in [3.8, 4) is 0 Å². The van der Waals surface area contributed by atoms with Crippen LogP contribution in [0.25, 0.3) is 10.9 Å². The average Bonchev–Trinajstić information content (AvgIpc) is 2.99. The molecule has 0 fully saturated rings. The molecule has 0 saturated carbocycles. The van der Waals surface area contributed by atoms with Crippen molar-refractivity contribution in [2.45, 2.75) is 24.8 Å². The van der Waals surface area contributed by atoms with Gasteiger partial charge >= 0.3 is 0 Å². The molecule has 3 N–H and O–H groups in total. The number of aliphatic hydroxyl groups is 1. The standard InChI is InChI=1S/C19H18Br2N2O2/c1-25-19(24)16-9-13-11-4-2-3-5-15(11)22-18(13)17(23-16)12-7-6-10(20)8-14(12)21/h2-8,16-17,19,22-24H,9H2,1H3/t16-,17-,19?/m0/s1. The highest BCUT2D eigenvalue weighted by molar-refractivity contribution is 9.11. The molecule has 0 radical (unpaired) electrons. The minimum absolute atomic E-state index is 0.0616. The Morgan fingerprint density at radius 3 is 2.76 bits per heavy atom. The first kappa shape index (κ1) is 17.2. The van der Waals surface area contributed by atoms with E-state index in [0.717, 1.165) is 25.7 Å². The fourth-order valence-corrected chi connectivity index (χ4v) is 4.87. The van der Waals surface area contributed by atoms with Gasteiger partial charge in [-0.15, -0.1) is 0 Å². The molecule has 0 spiro atoms. The highest BCUT2D eigenvalue weighted by Crippen LogP contribution is 2.38. The van der Waals surface area contributed by atoms with Gasteiger partial charge in [-0.05, 0) is 35.7 Å². The Hall–Kier alpha value is -1.18. The Balaban J connectivity index is 1.88. The molecule has 0 amide bonds. The summed E-state index contributed by atoms with van der Waals surface area (Å²) in [6.07, 6.45) is -0.155. The van der Waals surface area contributed by atoms with E-state index in [4.69, 9.17) is 4.74 Å². The number of methoxy groups -OCH3 is 1. The second-order valence-electron chi connectivity index (χ2n) is 6.27. The topological polar surface area (TPSA) is 57.3 Å². The highest BCUT2D eigenvalue weighted by Gasteiger charge is 2.34. The van der Waals surface area contributed by atoms with Gasteiger partial charge in [-0.25, -0.2) is 0 Å². The van der Waals surface area contributed by atoms with Crippen LogP contribution in [0, 0.1) is 0 Å². The van der Waals surface area contributed by atoms with Crippen LogP contribution >= 0.6 is 31.9 Å². The molecule has 1 aliphatic rings. The number of ether oxygens (including phenoxy) is 1. The maximum atomic E-state index is 10.3. The van der Waals surface area contributed by atoms with Crippen molar-refractivity contribution in [2.24, 2.45) is 0 Å². The van der Waals surface area contributed by atoms with Crippen molar-refractivity contribution in [3.63, 3.8) is 0 Å². The van der Waals surface area contributed by atoms with Crippen molar-refractivity contribution < 1.29 is 9.84 Å². The number of fused-ring (bicyclic) bond motifs is 3. The molecule has 6 heteroatoms. The lowest BCUT2D eigenvalue weighted by Gasteiger charge is -2.34. The van der Waals surface area contributed by atoms with Crippen LogP contribution in [-0.2, 0) is 11.2 Å². The third-order valence-corrected chi connectivity index (χ3v) is 5.98. The minimum Gasteiger partial charge on any atom is -0.367 e. The van der Waals surface area contributed by atoms with Gasteiger partial charge in [0.15, 0.2) is 6.29 Å². The summed E-state index contributed by atoms with van der Waals surface area (Å²) in [5.74, 6) is 0. The molecule has 3 aromatic rings. The molecule has 3 atom stereocenters. The predicted octanol–water partition coefficient (Wildman–Crippen LogP) is 4.26. The second-order valence-corrected chi connectivity index (χ2v) is 8.04. The van der Waals surface area contributed by atoms with Gasteiger partial charge < -0.3 is 14.8 Å². The van der Waals surface area contributed by atoms with Gasteiger partial charge in [0, 0.05) is 32.7 Å². The summed E-state index contributed by atoms with van der Waals surface area (Å²) in [7, 11) is 1.53. The molecule has 1 unspecified atom stereocenters. The van der Waals surface area contributed by atoms with Gasteiger partial charge in [0.05, 0.1) is 12.1 Å². The fraction of sp³-hybridized carbons (Fsp3) is 0.263.